The molecule has 0 atom stereocenters. The van der Waals surface area contributed by atoms with Crippen molar-refractivity contribution in [1.29, 1.82) is 0 Å². The van der Waals surface area contributed by atoms with Crippen LogP contribution in [0.4, 0.5) is 0 Å². The van der Waals surface area contributed by atoms with E-state index < -0.39 is 0 Å². The molecule has 3 heteroatoms. The van der Waals surface area contributed by atoms with E-state index in [1.807, 2.05) is 6.07 Å². The molecule has 0 heterocycles. The van der Waals surface area contributed by atoms with E-state index in [1.54, 1.807) is 0 Å². The van der Waals surface area contributed by atoms with Gasteiger partial charge in [-0.3, -0.25) is 4.79 Å². The summed E-state index contributed by atoms with van der Waals surface area (Å²) in [5.41, 5.74) is 1.30. The van der Waals surface area contributed by atoms with Crippen molar-refractivity contribution in [2.45, 2.75) is 57.5 Å². The second-order valence-corrected chi connectivity index (χ2v) is 6.23. The van der Waals surface area contributed by atoms with Crippen LogP contribution in [-0.2, 0) is 11.3 Å². The molecule has 116 valence electrons. The lowest BCUT2D eigenvalue weighted by atomic mass is 10.1. The zero-order valence-electron chi connectivity index (χ0n) is 13.2. The van der Waals surface area contributed by atoms with Crippen molar-refractivity contribution >= 4 is 5.91 Å². The van der Waals surface area contributed by atoms with Crippen molar-refractivity contribution in [2.75, 3.05) is 13.6 Å². The number of hydrogen-bond acceptors (Lipinski definition) is 2. The van der Waals surface area contributed by atoms with Crippen LogP contribution >= 0.6 is 0 Å². The SMILES string of the molecule is CN(CCC(=O)NC1CCCCCC1)Cc1ccccc1. The molecule has 1 aromatic carbocycles. The van der Waals surface area contributed by atoms with Gasteiger partial charge in [0.15, 0.2) is 0 Å². The van der Waals surface area contributed by atoms with E-state index in [1.165, 1.54) is 31.2 Å². The summed E-state index contributed by atoms with van der Waals surface area (Å²) in [7, 11) is 2.08. The summed E-state index contributed by atoms with van der Waals surface area (Å²) in [5, 5.41) is 3.21. The van der Waals surface area contributed by atoms with E-state index in [0.29, 0.717) is 12.5 Å². The standard InChI is InChI=1S/C18H28N2O/c1-20(15-16-9-5-4-6-10-16)14-13-18(21)19-17-11-7-2-3-8-12-17/h4-6,9-10,17H,2-3,7-8,11-15H2,1H3,(H,19,21). The maximum atomic E-state index is 12.0. The summed E-state index contributed by atoms with van der Waals surface area (Å²) >= 11 is 0. The summed E-state index contributed by atoms with van der Waals surface area (Å²) in [5.74, 6) is 0.210. The molecule has 0 aliphatic heterocycles. The average Bonchev–Trinajstić information content (AvgIpc) is 2.75. The quantitative estimate of drug-likeness (QED) is 0.814. The minimum atomic E-state index is 0.210. The first-order valence-corrected chi connectivity index (χ1v) is 8.26. The highest BCUT2D eigenvalue weighted by molar-refractivity contribution is 5.76. The first-order chi connectivity index (χ1) is 10.2. The maximum absolute atomic E-state index is 12.0. The Labute approximate surface area is 128 Å². The highest BCUT2D eigenvalue weighted by atomic mass is 16.1. The fraction of sp³-hybridized carbons (Fsp3) is 0.611. The molecule has 1 saturated carbocycles. The van der Waals surface area contributed by atoms with Gasteiger partial charge in [-0.2, -0.15) is 0 Å². The molecule has 21 heavy (non-hydrogen) atoms. The maximum Gasteiger partial charge on any atom is 0.221 e. The number of amides is 1. The molecule has 1 aliphatic carbocycles. The number of carbonyl (C=O) groups excluding carboxylic acids is 1. The summed E-state index contributed by atoms with van der Waals surface area (Å²) in [6, 6.07) is 10.8. The average molecular weight is 288 g/mol. The fourth-order valence-electron chi connectivity index (χ4n) is 2.99. The Kier molecular flexibility index (Phi) is 6.74. The first-order valence-electron chi connectivity index (χ1n) is 8.26. The van der Waals surface area contributed by atoms with Gasteiger partial charge < -0.3 is 10.2 Å². The van der Waals surface area contributed by atoms with Crippen LogP contribution in [0.5, 0.6) is 0 Å². The summed E-state index contributed by atoms with van der Waals surface area (Å²) in [4.78, 5) is 14.3. The van der Waals surface area contributed by atoms with Crippen molar-refractivity contribution in [3.8, 4) is 0 Å². The molecule has 1 aliphatic rings. The van der Waals surface area contributed by atoms with Crippen LogP contribution in [-0.4, -0.2) is 30.4 Å². The first kappa shape index (κ1) is 16.0. The Balaban J connectivity index is 1.66. The van der Waals surface area contributed by atoms with Crippen LogP contribution < -0.4 is 5.32 Å². The minimum Gasteiger partial charge on any atom is -0.353 e. The van der Waals surface area contributed by atoms with Crippen molar-refractivity contribution in [2.24, 2.45) is 0 Å². The largest absolute Gasteiger partial charge is 0.353 e. The Morgan fingerprint density at radius 3 is 2.48 bits per heavy atom. The van der Waals surface area contributed by atoms with Gasteiger partial charge in [-0.05, 0) is 25.5 Å². The van der Waals surface area contributed by atoms with Crippen molar-refractivity contribution < 1.29 is 4.79 Å². The monoisotopic (exact) mass is 288 g/mol. The number of nitrogens with zero attached hydrogens (tertiary/aromatic N) is 1. The van der Waals surface area contributed by atoms with E-state index in [9.17, 15) is 4.79 Å². The van der Waals surface area contributed by atoms with Gasteiger partial charge in [0, 0.05) is 25.6 Å². The number of nitrogens with one attached hydrogen (secondary N) is 1. The fourth-order valence-corrected chi connectivity index (χ4v) is 2.99. The van der Waals surface area contributed by atoms with Gasteiger partial charge in [-0.25, -0.2) is 0 Å². The predicted octanol–water partition coefficient (Wildman–Crippen LogP) is 3.35. The molecule has 0 unspecified atom stereocenters. The molecule has 0 radical (unpaired) electrons. The third kappa shape index (κ3) is 6.30. The molecule has 1 aromatic rings. The molecule has 1 amide bonds. The molecule has 2 rings (SSSR count). The lowest BCUT2D eigenvalue weighted by Crippen LogP contribution is -2.36. The van der Waals surface area contributed by atoms with E-state index in [0.717, 1.165) is 25.9 Å². The zero-order valence-corrected chi connectivity index (χ0v) is 13.2. The molecule has 1 fully saturated rings. The molecular formula is C18H28N2O. The third-order valence-electron chi connectivity index (χ3n) is 4.24. The van der Waals surface area contributed by atoms with Crippen molar-refractivity contribution in [3.05, 3.63) is 35.9 Å². The van der Waals surface area contributed by atoms with Crippen LogP contribution in [0.2, 0.25) is 0 Å². The van der Waals surface area contributed by atoms with Gasteiger partial charge in [0.2, 0.25) is 5.91 Å². The van der Waals surface area contributed by atoms with Crippen LogP contribution in [0.25, 0.3) is 0 Å². The molecule has 0 spiro atoms. The van der Waals surface area contributed by atoms with E-state index in [-0.39, 0.29) is 5.91 Å². The Morgan fingerprint density at radius 1 is 1.14 bits per heavy atom. The number of hydrogen-bond donors (Lipinski definition) is 1. The van der Waals surface area contributed by atoms with E-state index >= 15 is 0 Å². The molecular weight excluding hydrogens is 260 g/mol. The molecule has 0 bridgehead atoms. The van der Waals surface area contributed by atoms with Gasteiger partial charge in [-0.15, -0.1) is 0 Å². The third-order valence-corrected chi connectivity index (χ3v) is 4.24. The highest BCUT2D eigenvalue weighted by Gasteiger charge is 2.14. The Bertz CT molecular complexity index is 410. The number of carbonyl (C=O) groups is 1. The number of benzene rings is 1. The Morgan fingerprint density at radius 2 is 1.81 bits per heavy atom. The lowest BCUT2D eigenvalue weighted by Gasteiger charge is -2.19. The van der Waals surface area contributed by atoms with Crippen LogP contribution in [0.1, 0.15) is 50.5 Å². The Hall–Kier alpha value is -1.35. The highest BCUT2D eigenvalue weighted by Crippen LogP contribution is 2.17. The van der Waals surface area contributed by atoms with Gasteiger partial charge in [0.05, 0.1) is 0 Å². The van der Waals surface area contributed by atoms with Gasteiger partial charge >= 0.3 is 0 Å². The second kappa shape index (κ2) is 8.83. The number of rotatable bonds is 6. The minimum absolute atomic E-state index is 0.210. The molecule has 1 N–H and O–H groups in total. The normalized spacial score (nSPS) is 16.7. The second-order valence-electron chi connectivity index (χ2n) is 6.23. The lowest BCUT2D eigenvalue weighted by molar-refractivity contribution is -0.122. The molecule has 0 aromatic heterocycles. The van der Waals surface area contributed by atoms with Crippen LogP contribution in [0.3, 0.4) is 0 Å². The van der Waals surface area contributed by atoms with Crippen molar-refractivity contribution in [3.63, 3.8) is 0 Å². The van der Waals surface area contributed by atoms with Crippen LogP contribution in [0.15, 0.2) is 30.3 Å². The summed E-state index contributed by atoms with van der Waals surface area (Å²) in [6.07, 6.45) is 8.09. The van der Waals surface area contributed by atoms with Crippen LogP contribution in [0, 0.1) is 0 Å². The molecule has 3 nitrogen and oxygen atoms in total. The van der Waals surface area contributed by atoms with E-state index in [4.69, 9.17) is 0 Å². The zero-order chi connectivity index (χ0) is 14.9. The summed E-state index contributed by atoms with van der Waals surface area (Å²) in [6.45, 7) is 1.71. The summed E-state index contributed by atoms with van der Waals surface area (Å²) < 4.78 is 0. The smallest absolute Gasteiger partial charge is 0.221 e. The van der Waals surface area contributed by atoms with Gasteiger partial charge in [-0.1, -0.05) is 56.0 Å². The predicted molar refractivity (Wildman–Crippen MR) is 87.0 cm³/mol. The van der Waals surface area contributed by atoms with Gasteiger partial charge in [0.1, 0.15) is 0 Å². The van der Waals surface area contributed by atoms with Crippen molar-refractivity contribution in [1.82, 2.24) is 10.2 Å². The van der Waals surface area contributed by atoms with E-state index in [2.05, 4.69) is 41.5 Å². The molecule has 0 saturated heterocycles. The topological polar surface area (TPSA) is 32.3 Å². The van der Waals surface area contributed by atoms with Gasteiger partial charge in [0.25, 0.3) is 0 Å².